The number of nitrogens with zero attached hydrogens (tertiary/aromatic N) is 2. The molecule has 1 aliphatic rings. The number of rotatable bonds is 6. The molecule has 138 valence electrons. The molecule has 0 amide bonds. The van der Waals surface area contributed by atoms with E-state index in [2.05, 4.69) is 20.0 Å². The van der Waals surface area contributed by atoms with Crippen molar-refractivity contribution in [2.24, 2.45) is 5.92 Å². The van der Waals surface area contributed by atoms with Gasteiger partial charge in [0, 0.05) is 18.8 Å². The maximum Gasteiger partial charge on any atom is 0.214 e. The van der Waals surface area contributed by atoms with E-state index >= 15 is 0 Å². The van der Waals surface area contributed by atoms with Crippen LogP contribution in [0.1, 0.15) is 39.5 Å². The van der Waals surface area contributed by atoms with Crippen LogP contribution in [0, 0.1) is 5.92 Å². The van der Waals surface area contributed by atoms with Crippen molar-refractivity contribution in [3.8, 4) is 0 Å². The fraction of sp³-hybridized carbons (Fsp3) is 0.625. The van der Waals surface area contributed by atoms with E-state index in [1.807, 2.05) is 6.07 Å². The maximum absolute atomic E-state index is 12.0. The van der Waals surface area contributed by atoms with Gasteiger partial charge in [-0.2, -0.15) is 0 Å². The van der Waals surface area contributed by atoms with Crippen LogP contribution in [0.5, 0.6) is 0 Å². The highest BCUT2D eigenvalue weighted by molar-refractivity contribution is 7.90. The Labute approximate surface area is 157 Å². The van der Waals surface area contributed by atoms with Crippen LogP contribution in [-0.2, 0) is 10.0 Å². The van der Waals surface area contributed by atoms with E-state index in [0.29, 0.717) is 16.6 Å². The molecule has 0 aromatic carbocycles. The largest absolute Gasteiger partial charge is 0.361 e. The summed E-state index contributed by atoms with van der Waals surface area (Å²) in [6.45, 7) is 4.26. The second kappa shape index (κ2) is 7.73. The van der Waals surface area contributed by atoms with E-state index in [1.54, 1.807) is 31.4 Å². The van der Waals surface area contributed by atoms with Crippen LogP contribution >= 0.6 is 22.9 Å². The first-order valence-electron chi connectivity index (χ1n) is 8.50. The van der Waals surface area contributed by atoms with Crippen molar-refractivity contribution in [3.63, 3.8) is 0 Å². The monoisotopic (exact) mass is 402 g/mol. The minimum absolute atomic E-state index is 0.0671. The lowest BCUT2D eigenvalue weighted by Crippen LogP contribution is -2.41. The number of halogens is 1. The summed E-state index contributed by atoms with van der Waals surface area (Å²) < 4.78 is 27.7. The van der Waals surface area contributed by atoms with E-state index in [1.165, 1.54) is 0 Å². The summed E-state index contributed by atoms with van der Waals surface area (Å²) in [7, 11) is -3.18. The second-order valence-electron chi connectivity index (χ2n) is 6.80. The Kier molecular flexibility index (Phi) is 5.82. The van der Waals surface area contributed by atoms with Gasteiger partial charge in [0.25, 0.3) is 0 Å². The Morgan fingerprint density at radius 2 is 2.04 bits per heavy atom. The number of anilines is 1. The Balaban J connectivity index is 1.49. The van der Waals surface area contributed by atoms with Crippen LogP contribution in [0.2, 0.25) is 5.02 Å². The number of fused-ring (bicyclic) bond motifs is 1. The molecule has 2 aromatic rings. The quantitative estimate of drug-likeness (QED) is 0.770. The van der Waals surface area contributed by atoms with Crippen molar-refractivity contribution in [3.05, 3.63) is 17.3 Å². The highest BCUT2D eigenvalue weighted by atomic mass is 35.5. The van der Waals surface area contributed by atoms with E-state index in [9.17, 15) is 8.42 Å². The Hall–Kier alpha value is -0.960. The van der Waals surface area contributed by atoms with E-state index in [0.717, 1.165) is 42.1 Å². The molecule has 1 fully saturated rings. The van der Waals surface area contributed by atoms with E-state index in [-0.39, 0.29) is 11.3 Å². The molecular weight excluding hydrogens is 380 g/mol. The lowest BCUT2D eigenvalue weighted by Gasteiger charge is -2.29. The highest BCUT2D eigenvalue weighted by Gasteiger charge is 2.26. The van der Waals surface area contributed by atoms with Crippen LogP contribution in [0.3, 0.4) is 0 Å². The second-order valence-corrected chi connectivity index (χ2v) is 10.5. The molecule has 2 aromatic heterocycles. The summed E-state index contributed by atoms with van der Waals surface area (Å²) in [5.74, 6) is 0.531. The van der Waals surface area contributed by atoms with Crippen molar-refractivity contribution in [2.45, 2.75) is 50.8 Å². The molecule has 1 aliphatic carbocycles. The molecular formula is C16H23ClN4O2S2. The molecule has 1 saturated carbocycles. The molecule has 2 heterocycles. The standard InChI is InChI=1S/C16H23ClN4O2S2/c1-10(2)25(22,23)21-13-5-3-11(4-6-13)8-19-16-20-15-14(24-16)7-12(17)9-18-15/h7,9-11,13,21H,3-6,8H2,1-2H3,(H,18,19,20)/t11-,13+. The Bertz CT molecular complexity index is 830. The summed E-state index contributed by atoms with van der Waals surface area (Å²) in [5, 5.41) is 4.48. The lowest BCUT2D eigenvalue weighted by molar-refractivity contribution is 0.323. The lowest BCUT2D eigenvalue weighted by atomic mass is 9.86. The van der Waals surface area contributed by atoms with Gasteiger partial charge in [-0.3, -0.25) is 0 Å². The van der Waals surface area contributed by atoms with Gasteiger partial charge in [0.15, 0.2) is 10.8 Å². The zero-order chi connectivity index (χ0) is 18.0. The molecule has 25 heavy (non-hydrogen) atoms. The summed E-state index contributed by atoms with van der Waals surface area (Å²) in [4.78, 5) is 8.68. The molecule has 0 spiro atoms. The summed E-state index contributed by atoms with van der Waals surface area (Å²) in [6.07, 6.45) is 5.39. The third-order valence-corrected chi connectivity index (χ3v) is 7.61. The SMILES string of the molecule is CC(C)S(=O)(=O)N[C@H]1CC[C@@H](CNc2nc3ncc(Cl)cc3s2)CC1. The first-order chi connectivity index (χ1) is 11.8. The van der Waals surface area contributed by atoms with Gasteiger partial charge in [-0.1, -0.05) is 22.9 Å². The van der Waals surface area contributed by atoms with Crippen molar-refractivity contribution in [2.75, 3.05) is 11.9 Å². The molecule has 0 atom stereocenters. The van der Waals surface area contributed by atoms with E-state index < -0.39 is 10.0 Å². The van der Waals surface area contributed by atoms with E-state index in [4.69, 9.17) is 11.6 Å². The molecule has 3 rings (SSSR count). The van der Waals surface area contributed by atoms with Gasteiger partial charge in [0.1, 0.15) is 0 Å². The number of nitrogens with one attached hydrogen (secondary N) is 2. The third kappa shape index (κ3) is 4.81. The number of sulfonamides is 1. The fourth-order valence-corrected chi connectivity index (χ4v) is 5.02. The summed E-state index contributed by atoms with van der Waals surface area (Å²) in [5.41, 5.74) is 0.712. The fourth-order valence-electron chi connectivity index (χ4n) is 2.96. The van der Waals surface area contributed by atoms with Gasteiger partial charge in [-0.05, 0) is 51.5 Å². The molecule has 0 radical (unpaired) electrons. The van der Waals surface area contributed by atoms with Crippen molar-refractivity contribution < 1.29 is 8.42 Å². The Morgan fingerprint density at radius 1 is 1.32 bits per heavy atom. The predicted octanol–water partition coefficient (Wildman–Crippen LogP) is 3.64. The Morgan fingerprint density at radius 3 is 2.72 bits per heavy atom. The van der Waals surface area contributed by atoms with Crippen molar-refractivity contribution in [1.29, 1.82) is 0 Å². The summed E-state index contributed by atoms with van der Waals surface area (Å²) >= 11 is 7.50. The molecule has 0 unspecified atom stereocenters. The van der Waals surface area contributed by atoms with Crippen LogP contribution < -0.4 is 10.0 Å². The predicted molar refractivity (Wildman–Crippen MR) is 104 cm³/mol. The van der Waals surface area contributed by atoms with Gasteiger partial charge in [0.05, 0.1) is 15.0 Å². The average Bonchev–Trinajstić information content (AvgIpc) is 2.95. The van der Waals surface area contributed by atoms with Crippen LogP contribution in [-0.4, -0.2) is 36.2 Å². The number of aromatic nitrogens is 2. The number of thiazole rings is 1. The van der Waals surface area contributed by atoms with Crippen LogP contribution in [0.25, 0.3) is 10.3 Å². The maximum atomic E-state index is 12.0. The first-order valence-corrected chi connectivity index (χ1v) is 11.2. The topological polar surface area (TPSA) is 84.0 Å². The van der Waals surface area contributed by atoms with Gasteiger partial charge in [-0.15, -0.1) is 0 Å². The zero-order valence-corrected chi connectivity index (χ0v) is 16.7. The third-order valence-electron chi connectivity index (χ3n) is 4.55. The normalized spacial score (nSPS) is 21.8. The number of hydrogen-bond acceptors (Lipinski definition) is 6. The molecule has 0 aliphatic heterocycles. The van der Waals surface area contributed by atoms with Crippen molar-refractivity contribution in [1.82, 2.24) is 14.7 Å². The number of hydrogen-bond donors (Lipinski definition) is 2. The molecule has 0 saturated heterocycles. The zero-order valence-electron chi connectivity index (χ0n) is 14.3. The van der Waals surface area contributed by atoms with Crippen LogP contribution in [0.15, 0.2) is 12.3 Å². The minimum Gasteiger partial charge on any atom is -0.361 e. The minimum atomic E-state index is -3.18. The van der Waals surface area contributed by atoms with Gasteiger partial charge >= 0.3 is 0 Å². The molecule has 9 heteroatoms. The summed E-state index contributed by atoms with van der Waals surface area (Å²) in [6, 6.07) is 1.94. The average molecular weight is 403 g/mol. The number of pyridine rings is 1. The van der Waals surface area contributed by atoms with Crippen molar-refractivity contribution >= 4 is 48.4 Å². The first kappa shape index (κ1) is 18.8. The van der Waals surface area contributed by atoms with Gasteiger partial charge < -0.3 is 5.32 Å². The van der Waals surface area contributed by atoms with Crippen LogP contribution in [0.4, 0.5) is 5.13 Å². The van der Waals surface area contributed by atoms with Gasteiger partial charge in [-0.25, -0.2) is 23.1 Å². The highest BCUT2D eigenvalue weighted by Crippen LogP contribution is 2.29. The molecule has 6 nitrogen and oxygen atoms in total. The molecule has 2 N–H and O–H groups in total. The molecule has 0 bridgehead atoms. The smallest absolute Gasteiger partial charge is 0.214 e. The van der Waals surface area contributed by atoms with Gasteiger partial charge in [0.2, 0.25) is 10.0 Å².